The van der Waals surface area contributed by atoms with Crippen molar-refractivity contribution in [3.05, 3.63) is 59.9 Å². The zero-order valence-corrected chi connectivity index (χ0v) is 15.7. The Kier molecular flexibility index (Phi) is 5.00. The zero-order chi connectivity index (χ0) is 18.6. The molecule has 0 N–H and O–H groups in total. The zero-order valence-electron chi connectivity index (χ0n) is 15.7. The summed E-state index contributed by atoms with van der Waals surface area (Å²) in [6, 6.07) is 12.3. The number of hydrogen-bond acceptors (Lipinski definition) is 7. The van der Waals surface area contributed by atoms with Gasteiger partial charge >= 0.3 is 0 Å². The van der Waals surface area contributed by atoms with E-state index < -0.39 is 0 Å². The lowest BCUT2D eigenvalue weighted by Crippen LogP contribution is -2.33. The molecule has 1 fully saturated rings. The lowest BCUT2D eigenvalue weighted by Gasteiger charge is -2.31. The maximum atomic E-state index is 5.44. The first-order valence-corrected chi connectivity index (χ1v) is 9.31. The van der Waals surface area contributed by atoms with Crippen molar-refractivity contribution < 1.29 is 4.52 Å². The van der Waals surface area contributed by atoms with E-state index in [1.54, 1.807) is 0 Å². The first-order chi connectivity index (χ1) is 13.2. The molecule has 3 aromatic rings. The van der Waals surface area contributed by atoms with Crippen LogP contribution in [0.3, 0.4) is 0 Å². The summed E-state index contributed by atoms with van der Waals surface area (Å²) in [6.07, 6.45) is 4.56. The minimum Gasteiger partial charge on any atom is -0.356 e. The van der Waals surface area contributed by atoms with Crippen LogP contribution in [0, 0.1) is 0 Å². The highest BCUT2D eigenvalue weighted by Crippen LogP contribution is 2.29. The third-order valence-electron chi connectivity index (χ3n) is 4.90. The van der Waals surface area contributed by atoms with E-state index in [1.807, 2.05) is 49.5 Å². The maximum absolute atomic E-state index is 5.44. The summed E-state index contributed by atoms with van der Waals surface area (Å²) in [7, 11) is 3.83. The van der Waals surface area contributed by atoms with Gasteiger partial charge in [0.2, 0.25) is 5.89 Å². The molecule has 0 spiro atoms. The molecule has 0 saturated carbocycles. The van der Waals surface area contributed by atoms with Crippen LogP contribution in [0.15, 0.2) is 47.1 Å². The van der Waals surface area contributed by atoms with Crippen LogP contribution >= 0.6 is 0 Å². The number of benzene rings is 1. The van der Waals surface area contributed by atoms with E-state index >= 15 is 0 Å². The summed E-state index contributed by atoms with van der Waals surface area (Å²) in [6.45, 7) is 1.85. The van der Waals surface area contributed by atoms with Crippen LogP contribution in [0.1, 0.15) is 36.0 Å². The Morgan fingerprint density at radius 1 is 1.07 bits per heavy atom. The van der Waals surface area contributed by atoms with Crippen LogP contribution in [0.2, 0.25) is 0 Å². The minimum absolute atomic E-state index is 0.313. The molecule has 27 heavy (non-hydrogen) atoms. The van der Waals surface area contributed by atoms with Gasteiger partial charge in [-0.3, -0.25) is 0 Å². The standard InChI is InChI=1S/C20H24N6O/c1-25(2)20-23-19(27-24-20)16-9-12-26(13-10-16)18-8-11-21-17(22-18)14-15-6-4-3-5-7-15/h3-8,11,16H,9-10,12-14H2,1-2H3. The van der Waals surface area contributed by atoms with E-state index in [2.05, 4.69) is 32.2 Å². The highest BCUT2D eigenvalue weighted by molar-refractivity contribution is 5.39. The second kappa shape index (κ2) is 7.73. The van der Waals surface area contributed by atoms with Crippen LogP contribution in [0.4, 0.5) is 11.8 Å². The molecule has 0 amide bonds. The number of nitrogens with zero attached hydrogens (tertiary/aromatic N) is 6. The monoisotopic (exact) mass is 364 g/mol. The van der Waals surface area contributed by atoms with E-state index in [0.29, 0.717) is 11.9 Å². The van der Waals surface area contributed by atoms with Crippen molar-refractivity contribution in [2.75, 3.05) is 37.0 Å². The molecule has 140 valence electrons. The highest BCUT2D eigenvalue weighted by atomic mass is 16.5. The fourth-order valence-electron chi connectivity index (χ4n) is 3.36. The summed E-state index contributed by atoms with van der Waals surface area (Å²) >= 11 is 0. The Hall–Kier alpha value is -2.96. The van der Waals surface area contributed by atoms with Crippen molar-refractivity contribution in [3.8, 4) is 0 Å². The van der Waals surface area contributed by atoms with E-state index in [4.69, 9.17) is 9.51 Å². The normalized spacial score (nSPS) is 15.1. The first-order valence-electron chi connectivity index (χ1n) is 9.31. The molecule has 0 unspecified atom stereocenters. The van der Waals surface area contributed by atoms with Gasteiger partial charge in [-0.25, -0.2) is 9.97 Å². The fraction of sp³-hybridized carbons (Fsp3) is 0.400. The molecule has 0 aliphatic carbocycles. The smallest absolute Gasteiger partial charge is 0.265 e. The Labute approximate surface area is 159 Å². The predicted octanol–water partition coefficient (Wildman–Crippen LogP) is 2.90. The Morgan fingerprint density at radius 2 is 1.85 bits per heavy atom. The van der Waals surface area contributed by atoms with Crippen molar-refractivity contribution in [3.63, 3.8) is 0 Å². The molecule has 0 bridgehead atoms. The Bertz CT molecular complexity index is 871. The number of rotatable bonds is 5. The summed E-state index contributed by atoms with van der Waals surface area (Å²) in [4.78, 5) is 17.9. The molecule has 1 saturated heterocycles. The number of anilines is 2. The minimum atomic E-state index is 0.313. The number of piperidine rings is 1. The van der Waals surface area contributed by atoms with Gasteiger partial charge in [-0.1, -0.05) is 30.3 Å². The third kappa shape index (κ3) is 4.07. The second-order valence-corrected chi connectivity index (χ2v) is 7.08. The van der Waals surface area contributed by atoms with E-state index in [9.17, 15) is 0 Å². The molecule has 3 heterocycles. The van der Waals surface area contributed by atoms with Gasteiger partial charge in [-0.2, -0.15) is 4.98 Å². The van der Waals surface area contributed by atoms with E-state index in [1.165, 1.54) is 5.56 Å². The van der Waals surface area contributed by atoms with Crippen LogP contribution in [-0.4, -0.2) is 47.3 Å². The third-order valence-corrected chi connectivity index (χ3v) is 4.90. The summed E-state index contributed by atoms with van der Waals surface area (Å²) in [5.74, 6) is 3.54. The number of hydrogen-bond donors (Lipinski definition) is 0. The molecule has 7 heteroatoms. The average Bonchev–Trinajstić information content (AvgIpc) is 3.20. The van der Waals surface area contributed by atoms with Gasteiger partial charge in [-0.05, 0) is 29.6 Å². The second-order valence-electron chi connectivity index (χ2n) is 7.08. The first kappa shape index (κ1) is 17.5. The van der Waals surface area contributed by atoms with Crippen LogP contribution in [0.5, 0.6) is 0 Å². The van der Waals surface area contributed by atoms with Crippen molar-refractivity contribution in [2.45, 2.75) is 25.2 Å². The topological polar surface area (TPSA) is 71.2 Å². The molecule has 1 aliphatic heterocycles. The quantitative estimate of drug-likeness (QED) is 0.689. The van der Waals surface area contributed by atoms with Gasteiger partial charge in [0.05, 0.1) is 0 Å². The number of aromatic nitrogens is 4. The van der Waals surface area contributed by atoms with Gasteiger partial charge in [0.15, 0.2) is 0 Å². The largest absolute Gasteiger partial charge is 0.356 e. The van der Waals surface area contributed by atoms with Gasteiger partial charge in [0.25, 0.3) is 5.95 Å². The SMILES string of the molecule is CN(C)c1noc(C2CCN(c3ccnc(Cc4ccccc4)n3)CC2)n1. The lowest BCUT2D eigenvalue weighted by atomic mass is 9.97. The Balaban J connectivity index is 1.40. The molecular formula is C20H24N6O. The summed E-state index contributed by atoms with van der Waals surface area (Å²) < 4.78 is 5.44. The molecule has 4 rings (SSSR count). The fourth-order valence-corrected chi connectivity index (χ4v) is 3.36. The van der Waals surface area contributed by atoms with Crippen molar-refractivity contribution in [1.29, 1.82) is 0 Å². The Morgan fingerprint density at radius 3 is 2.56 bits per heavy atom. The van der Waals surface area contributed by atoms with Crippen molar-refractivity contribution in [1.82, 2.24) is 20.1 Å². The lowest BCUT2D eigenvalue weighted by molar-refractivity contribution is 0.329. The van der Waals surface area contributed by atoms with Crippen LogP contribution in [0.25, 0.3) is 0 Å². The highest BCUT2D eigenvalue weighted by Gasteiger charge is 2.26. The van der Waals surface area contributed by atoms with Gasteiger partial charge < -0.3 is 14.3 Å². The molecule has 0 atom stereocenters. The predicted molar refractivity (Wildman–Crippen MR) is 104 cm³/mol. The molecule has 1 aliphatic rings. The van der Waals surface area contributed by atoms with E-state index in [0.717, 1.165) is 49.9 Å². The average molecular weight is 364 g/mol. The molecule has 1 aromatic carbocycles. The molecular weight excluding hydrogens is 340 g/mol. The molecule has 2 aromatic heterocycles. The van der Waals surface area contributed by atoms with Gasteiger partial charge in [0, 0.05) is 45.7 Å². The van der Waals surface area contributed by atoms with Crippen LogP contribution in [-0.2, 0) is 6.42 Å². The maximum Gasteiger partial charge on any atom is 0.265 e. The van der Waals surface area contributed by atoms with Gasteiger partial charge in [0.1, 0.15) is 11.6 Å². The molecule has 0 radical (unpaired) electrons. The summed E-state index contributed by atoms with van der Waals surface area (Å²) in [5, 5.41) is 4.03. The molecule has 7 nitrogen and oxygen atoms in total. The summed E-state index contributed by atoms with van der Waals surface area (Å²) in [5.41, 5.74) is 1.22. The van der Waals surface area contributed by atoms with Gasteiger partial charge in [-0.15, -0.1) is 0 Å². The van der Waals surface area contributed by atoms with Crippen molar-refractivity contribution in [2.24, 2.45) is 0 Å². The van der Waals surface area contributed by atoms with Crippen LogP contribution < -0.4 is 9.80 Å². The van der Waals surface area contributed by atoms with Crippen molar-refractivity contribution >= 4 is 11.8 Å². The van der Waals surface area contributed by atoms with E-state index in [-0.39, 0.29) is 0 Å².